The normalized spacial score (nSPS) is 10.4. The monoisotopic (exact) mass is 250 g/mol. The molecule has 2 aromatic rings. The van der Waals surface area contributed by atoms with Gasteiger partial charge in [-0.05, 0) is 36.8 Å². The second-order valence-corrected chi connectivity index (χ2v) is 4.88. The topological polar surface area (TPSA) is 38.9 Å². The third-order valence-electron chi connectivity index (χ3n) is 2.19. The van der Waals surface area contributed by atoms with Crippen molar-refractivity contribution in [2.24, 2.45) is 0 Å². The van der Waals surface area contributed by atoms with Gasteiger partial charge in [0.25, 0.3) is 0 Å². The number of nitrogen functional groups attached to an aromatic ring is 1. The Morgan fingerprint density at radius 3 is 2.81 bits per heavy atom. The number of aromatic nitrogens is 1. The van der Waals surface area contributed by atoms with Crippen LogP contribution in [0.4, 0.5) is 5.69 Å². The molecule has 0 radical (unpaired) electrons. The van der Waals surface area contributed by atoms with Gasteiger partial charge in [0.2, 0.25) is 0 Å². The first-order chi connectivity index (χ1) is 7.66. The fourth-order valence-electron chi connectivity index (χ4n) is 1.24. The van der Waals surface area contributed by atoms with E-state index in [2.05, 4.69) is 4.98 Å². The second kappa shape index (κ2) is 4.76. The third-order valence-corrected chi connectivity index (χ3v) is 3.62. The summed E-state index contributed by atoms with van der Waals surface area (Å²) in [5, 5.41) is 1.46. The highest BCUT2D eigenvalue weighted by Gasteiger charge is 2.04. The highest BCUT2D eigenvalue weighted by molar-refractivity contribution is 7.99. The number of nitrogens with two attached hydrogens (primary N) is 1. The lowest BCUT2D eigenvalue weighted by molar-refractivity contribution is 1.13. The summed E-state index contributed by atoms with van der Waals surface area (Å²) in [6.07, 6.45) is 1.73. The summed E-state index contributed by atoms with van der Waals surface area (Å²) in [6, 6.07) is 9.59. The zero-order valence-corrected chi connectivity index (χ0v) is 10.3. The highest BCUT2D eigenvalue weighted by Crippen LogP contribution is 2.32. The minimum atomic E-state index is 0.659. The van der Waals surface area contributed by atoms with Gasteiger partial charge in [-0.25, -0.2) is 4.98 Å². The van der Waals surface area contributed by atoms with Crippen LogP contribution in [0.2, 0.25) is 5.02 Å². The maximum Gasteiger partial charge on any atom is 0.119 e. The smallest absolute Gasteiger partial charge is 0.119 e. The number of aryl methyl sites for hydroxylation is 1. The molecule has 0 atom stereocenters. The lowest BCUT2D eigenvalue weighted by atomic mass is 10.2. The molecule has 0 saturated heterocycles. The van der Waals surface area contributed by atoms with E-state index in [0.717, 1.165) is 21.2 Å². The molecule has 2 rings (SSSR count). The summed E-state index contributed by atoms with van der Waals surface area (Å²) in [5.74, 6) is 0. The van der Waals surface area contributed by atoms with Crippen molar-refractivity contribution < 1.29 is 0 Å². The van der Waals surface area contributed by atoms with Gasteiger partial charge in [-0.2, -0.15) is 0 Å². The highest BCUT2D eigenvalue weighted by atomic mass is 35.5. The van der Waals surface area contributed by atoms with Crippen LogP contribution < -0.4 is 5.73 Å². The van der Waals surface area contributed by atoms with Gasteiger partial charge in [-0.3, -0.25) is 0 Å². The molecule has 0 amide bonds. The Balaban J connectivity index is 2.28. The van der Waals surface area contributed by atoms with Gasteiger partial charge in [-0.15, -0.1) is 0 Å². The minimum absolute atomic E-state index is 0.659. The van der Waals surface area contributed by atoms with Crippen LogP contribution in [0.15, 0.2) is 46.5 Å². The van der Waals surface area contributed by atoms with E-state index < -0.39 is 0 Å². The molecule has 1 aromatic carbocycles. The molecular weight excluding hydrogens is 240 g/mol. The average Bonchev–Trinajstić information content (AvgIpc) is 2.27. The number of hydrogen-bond donors (Lipinski definition) is 1. The lowest BCUT2D eigenvalue weighted by Crippen LogP contribution is -1.89. The fourth-order valence-corrected chi connectivity index (χ4v) is 2.30. The van der Waals surface area contributed by atoms with Gasteiger partial charge in [0, 0.05) is 16.8 Å². The zero-order valence-electron chi connectivity index (χ0n) is 8.77. The molecule has 0 bridgehead atoms. The van der Waals surface area contributed by atoms with Gasteiger partial charge < -0.3 is 5.73 Å². The number of hydrogen-bond acceptors (Lipinski definition) is 3. The predicted molar refractivity (Wildman–Crippen MR) is 69.0 cm³/mol. The van der Waals surface area contributed by atoms with Gasteiger partial charge in [0.1, 0.15) is 5.03 Å². The molecule has 2 nitrogen and oxygen atoms in total. The van der Waals surface area contributed by atoms with E-state index in [-0.39, 0.29) is 0 Å². The van der Waals surface area contributed by atoms with E-state index in [9.17, 15) is 0 Å². The molecule has 2 N–H and O–H groups in total. The summed E-state index contributed by atoms with van der Waals surface area (Å²) >= 11 is 7.54. The number of pyridine rings is 1. The van der Waals surface area contributed by atoms with E-state index in [4.69, 9.17) is 17.3 Å². The quantitative estimate of drug-likeness (QED) is 0.825. The number of anilines is 1. The average molecular weight is 251 g/mol. The molecule has 1 heterocycles. The first-order valence-electron chi connectivity index (χ1n) is 4.81. The first-order valence-corrected chi connectivity index (χ1v) is 6.01. The molecule has 0 saturated carbocycles. The Labute approximate surface area is 104 Å². The summed E-state index contributed by atoms with van der Waals surface area (Å²) < 4.78 is 0. The van der Waals surface area contributed by atoms with Crippen LogP contribution in [0.25, 0.3) is 0 Å². The van der Waals surface area contributed by atoms with Crippen LogP contribution in [0, 0.1) is 6.92 Å². The van der Waals surface area contributed by atoms with E-state index in [1.54, 1.807) is 6.20 Å². The predicted octanol–water partition coefficient (Wildman–Crippen LogP) is 3.78. The Hall–Kier alpha value is -1.19. The van der Waals surface area contributed by atoms with Crippen molar-refractivity contribution in [3.05, 3.63) is 47.1 Å². The number of halogens is 1. The van der Waals surface area contributed by atoms with Crippen molar-refractivity contribution in [1.82, 2.24) is 4.98 Å². The van der Waals surface area contributed by atoms with Crippen molar-refractivity contribution in [3.8, 4) is 0 Å². The molecule has 82 valence electrons. The van der Waals surface area contributed by atoms with Gasteiger partial charge >= 0.3 is 0 Å². The van der Waals surface area contributed by atoms with Crippen molar-refractivity contribution in [2.45, 2.75) is 16.8 Å². The molecule has 1 aromatic heterocycles. The first kappa shape index (κ1) is 11.3. The molecule has 0 aliphatic heterocycles. The van der Waals surface area contributed by atoms with Crippen LogP contribution in [-0.4, -0.2) is 4.98 Å². The number of rotatable bonds is 2. The minimum Gasteiger partial charge on any atom is -0.398 e. The van der Waals surface area contributed by atoms with E-state index in [1.165, 1.54) is 11.8 Å². The number of benzene rings is 1. The fraction of sp³-hybridized carbons (Fsp3) is 0.0833. The molecule has 0 unspecified atom stereocenters. The van der Waals surface area contributed by atoms with Crippen LogP contribution >= 0.6 is 23.4 Å². The van der Waals surface area contributed by atoms with Crippen molar-refractivity contribution >= 4 is 29.1 Å². The SMILES string of the molecule is Cc1ccc(Sc2ncccc2Cl)cc1N. The maximum absolute atomic E-state index is 6.03. The maximum atomic E-state index is 6.03. The second-order valence-electron chi connectivity index (χ2n) is 3.41. The summed E-state index contributed by atoms with van der Waals surface area (Å²) in [6.45, 7) is 1.98. The Morgan fingerprint density at radius 1 is 1.31 bits per heavy atom. The van der Waals surface area contributed by atoms with Gasteiger partial charge in [0.05, 0.1) is 5.02 Å². The summed E-state index contributed by atoms with van der Waals surface area (Å²) in [7, 11) is 0. The van der Waals surface area contributed by atoms with Crippen molar-refractivity contribution in [2.75, 3.05) is 5.73 Å². The summed E-state index contributed by atoms with van der Waals surface area (Å²) in [4.78, 5) is 5.26. The van der Waals surface area contributed by atoms with Crippen LogP contribution in [0.3, 0.4) is 0 Å². The summed E-state index contributed by atoms with van der Waals surface area (Å²) in [5.41, 5.74) is 7.71. The molecular formula is C12H11ClN2S. The number of nitrogens with zero attached hydrogens (tertiary/aromatic N) is 1. The largest absolute Gasteiger partial charge is 0.398 e. The lowest BCUT2D eigenvalue weighted by Gasteiger charge is -2.05. The van der Waals surface area contributed by atoms with Crippen molar-refractivity contribution in [3.63, 3.8) is 0 Å². The van der Waals surface area contributed by atoms with E-state index in [1.807, 2.05) is 37.3 Å². The Bertz CT molecular complexity index is 514. The van der Waals surface area contributed by atoms with Crippen LogP contribution in [-0.2, 0) is 0 Å². The van der Waals surface area contributed by atoms with Gasteiger partial charge in [0.15, 0.2) is 0 Å². The standard InChI is InChI=1S/C12H11ClN2S/c1-8-4-5-9(7-11(8)14)16-12-10(13)3-2-6-15-12/h2-7H,14H2,1H3. The molecule has 16 heavy (non-hydrogen) atoms. The Kier molecular flexibility index (Phi) is 3.36. The van der Waals surface area contributed by atoms with E-state index in [0.29, 0.717) is 5.02 Å². The van der Waals surface area contributed by atoms with E-state index >= 15 is 0 Å². The molecule has 4 heteroatoms. The van der Waals surface area contributed by atoms with Crippen molar-refractivity contribution in [1.29, 1.82) is 0 Å². The van der Waals surface area contributed by atoms with Crippen LogP contribution in [0.1, 0.15) is 5.56 Å². The molecule has 0 fully saturated rings. The molecule has 0 aliphatic carbocycles. The zero-order chi connectivity index (χ0) is 11.5. The van der Waals surface area contributed by atoms with Gasteiger partial charge in [-0.1, -0.05) is 29.4 Å². The van der Waals surface area contributed by atoms with Crippen LogP contribution in [0.5, 0.6) is 0 Å². The third kappa shape index (κ3) is 2.49. The molecule has 0 spiro atoms. The Morgan fingerprint density at radius 2 is 2.12 bits per heavy atom. The molecule has 0 aliphatic rings.